The van der Waals surface area contributed by atoms with Gasteiger partial charge in [0.2, 0.25) is 0 Å². The van der Waals surface area contributed by atoms with Gasteiger partial charge in [-0.1, -0.05) is 18.2 Å². The molecule has 24 heavy (non-hydrogen) atoms. The van der Waals surface area contributed by atoms with E-state index in [1.165, 1.54) is 18.9 Å². The lowest BCUT2D eigenvalue weighted by atomic mass is 10.2. The number of guanidine groups is 1. The second-order valence-corrected chi connectivity index (χ2v) is 5.97. The third kappa shape index (κ3) is 6.45. The highest BCUT2D eigenvalue weighted by atomic mass is 19.1. The van der Waals surface area contributed by atoms with Crippen molar-refractivity contribution in [2.45, 2.75) is 32.4 Å². The van der Waals surface area contributed by atoms with E-state index >= 15 is 0 Å². The van der Waals surface area contributed by atoms with Crippen molar-refractivity contribution >= 4 is 5.96 Å². The molecule has 2 rings (SSSR count). The van der Waals surface area contributed by atoms with Crippen LogP contribution in [-0.2, 0) is 11.3 Å². The van der Waals surface area contributed by atoms with E-state index in [0.29, 0.717) is 18.2 Å². The summed E-state index contributed by atoms with van der Waals surface area (Å²) in [4.78, 5) is 6.93. The van der Waals surface area contributed by atoms with Crippen molar-refractivity contribution in [2.75, 3.05) is 39.9 Å². The van der Waals surface area contributed by atoms with E-state index in [4.69, 9.17) is 4.74 Å². The summed E-state index contributed by atoms with van der Waals surface area (Å²) in [5, 5.41) is 6.54. The highest BCUT2D eigenvalue weighted by Gasteiger charge is 2.28. The Labute approximate surface area is 144 Å². The van der Waals surface area contributed by atoms with Crippen LogP contribution in [0.25, 0.3) is 0 Å². The smallest absolute Gasteiger partial charge is 0.191 e. The van der Waals surface area contributed by atoms with Crippen LogP contribution < -0.4 is 10.6 Å². The summed E-state index contributed by atoms with van der Waals surface area (Å²) >= 11 is 0. The lowest BCUT2D eigenvalue weighted by Crippen LogP contribution is -2.42. The zero-order valence-corrected chi connectivity index (χ0v) is 14.7. The van der Waals surface area contributed by atoms with Crippen molar-refractivity contribution in [2.24, 2.45) is 4.99 Å². The molecule has 1 aliphatic carbocycles. The molecule has 1 fully saturated rings. The Balaban J connectivity index is 1.81. The molecule has 0 atom stereocenters. The van der Waals surface area contributed by atoms with Gasteiger partial charge >= 0.3 is 0 Å². The maximum absolute atomic E-state index is 13.7. The van der Waals surface area contributed by atoms with Crippen LogP contribution in [0.3, 0.4) is 0 Å². The first-order valence-corrected chi connectivity index (χ1v) is 8.73. The van der Waals surface area contributed by atoms with Gasteiger partial charge in [-0.15, -0.1) is 0 Å². The molecule has 0 amide bonds. The summed E-state index contributed by atoms with van der Waals surface area (Å²) in [5.74, 6) is 0.514. The minimum absolute atomic E-state index is 0.212. The second kappa shape index (κ2) is 10.3. The fourth-order valence-corrected chi connectivity index (χ4v) is 2.58. The molecule has 6 heteroatoms. The molecule has 0 radical (unpaired) electrons. The molecule has 1 aromatic rings. The summed E-state index contributed by atoms with van der Waals surface area (Å²) in [7, 11) is 1.74. The molecular formula is C18H29FN4O. The fourth-order valence-electron chi connectivity index (χ4n) is 2.58. The molecular weight excluding hydrogens is 307 g/mol. The summed E-state index contributed by atoms with van der Waals surface area (Å²) in [6, 6.07) is 7.46. The van der Waals surface area contributed by atoms with Crippen LogP contribution in [0.15, 0.2) is 29.3 Å². The van der Waals surface area contributed by atoms with Crippen LogP contribution in [0.5, 0.6) is 0 Å². The van der Waals surface area contributed by atoms with Crippen LogP contribution in [0, 0.1) is 5.82 Å². The first-order valence-electron chi connectivity index (χ1n) is 8.73. The van der Waals surface area contributed by atoms with Gasteiger partial charge in [0.25, 0.3) is 0 Å². The maximum atomic E-state index is 13.7. The Kier molecular flexibility index (Phi) is 7.98. The number of hydrogen-bond acceptors (Lipinski definition) is 3. The van der Waals surface area contributed by atoms with Gasteiger partial charge < -0.3 is 15.4 Å². The maximum Gasteiger partial charge on any atom is 0.191 e. The number of nitrogens with one attached hydrogen (secondary N) is 2. The van der Waals surface area contributed by atoms with Crippen LogP contribution in [0.1, 0.15) is 25.3 Å². The van der Waals surface area contributed by atoms with Gasteiger partial charge in [0.15, 0.2) is 5.96 Å². The Morgan fingerprint density at radius 1 is 1.29 bits per heavy atom. The Hall–Kier alpha value is -1.66. The number of halogens is 1. The molecule has 0 saturated heterocycles. The van der Waals surface area contributed by atoms with Crippen molar-refractivity contribution in [3.05, 3.63) is 35.6 Å². The number of benzene rings is 1. The van der Waals surface area contributed by atoms with E-state index in [-0.39, 0.29) is 5.82 Å². The van der Waals surface area contributed by atoms with Gasteiger partial charge in [-0.3, -0.25) is 4.90 Å². The Morgan fingerprint density at radius 2 is 2.08 bits per heavy atom. The first kappa shape index (κ1) is 18.7. The van der Waals surface area contributed by atoms with Crippen LogP contribution in [-0.4, -0.2) is 56.8 Å². The van der Waals surface area contributed by atoms with Gasteiger partial charge in [-0.2, -0.15) is 0 Å². The normalized spacial score (nSPS) is 14.9. The van der Waals surface area contributed by atoms with Crippen molar-refractivity contribution in [3.8, 4) is 0 Å². The molecule has 2 N–H and O–H groups in total. The standard InChI is InChI=1S/C18H29FN4O/c1-3-20-18(22-14-15-6-4-5-7-17(15)19)21-10-11-23(12-13-24-2)16-8-9-16/h4-7,16H,3,8-14H2,1-2H3,(H2,20,21,22). The van der Waals surface area contributed by atoms with Crippen LogP contribution >= 0.6 is 0 Å². The highest BCUT2D eigenvalue weighted by molar-refractivity contribution is 5.79. The van der Waals surface area contributed by atoms with Crippen molar-refractivity contribution in [3.63, 3.8) is 0 Å². The second-order valence-electron chi connectivity index (χ2n) is 5.97. The number of ether oxygens (including phenoxy) is 1. The quantitative estimate of drug-likeness (QED) is 0.507. The zero-order valence-electron chi connectivity index (χ0n) is 14.7. The van der Waals surface area contributed by atoms with E-state index in [1.54, 1.807) is 19.2 Å². The van der Waals surface area contributed by atoms with Gasteiger partial charge in [0, 0.05) is 44.9 Å². The van der Waals surface area contributed by atoms with E-state index in [9.17, 15) is 4.39 Å². The predicted molar refractivity (Wildman–Crippen MR) is 95.7 cm³/mol. The van der Waals surface area contributed by atoms with Crippen molar-refractivity contribution < 1.29 is 9.13 Å². The summed E-state index contributed by atoms with van der Waals surface area (Å²) in [6.45, 7) is 6.62. The van der Waals surface area contributed by atoms with Crippen molar-refractivity contribution in [1.82, 2.24) is 15.5 Å². The topological polar surface area (TPSA) is 48.9 Å². The minimum atomic E-state index is -0.212. The van der Waals surface area contributed by atoms with Crippen LogP contribution in [0.2, 0.25) is 0 Å². The summed E-state index contributed by atoms with van der Waals surface area (Å²) in [5.41, 5.74) is 0.606. The molecule has 1 saturated carbocycles. The molecule has 0 spiro atoms. The van der Waals surface area contributed by atoms with Gasteiger partial charge in [-0.05, 0) is 25.8 Å². The monoisotopic (exact) mass is 336 g/mol. The van der Waals surface area contributed by atoms with E-state index < -0.39 is 0 Å². The number of methoxy groups -OCH3 is 1. The number of aliphatic imine (C=N–C) groups is 1. The largest absolute Gasteiger partial charge is 0.383 e. The molecule has 0 aromatic heterocycles. The van der Waals surface area contributed by atoms with E-state index in [2.05, 4.69) is 20.5 Å². The molecule has 134 valence electrons. The zero-order chi connectivity index (χ0) is 17.2. The molecule has 0 heterocycles. The SMILES string of the molecule is CCNC(=NCc1ccccc1F)NCCN(CCOC)C1CC1. The van der Waals surface area contributed by atoms with Crippen LogP contribution in [0.4, 0.5) is 4.39 Å². The third-order valence-electron chi connectivity index (χ3n) is 4.05. The minimum Gasteiger partial charge on any atom is -0.383 e. The molecule has 0 unspecified atom stereocenters. The number of nitrogens with zero attached hydrogens (tertiary/aromatic N) is 2. The van der Waals surface area contributed by atoms with E-state index in [1.807, 2.05) is 13.0 Å². The lowest BCUT2D eigenvalue weighted by molar-refractivity contribution is 0.144. The first-order chi connectivity index (χ1) is 11.7. The molecule has 0 aliphatic heterocycles. The number of rotatable bonds is 10. The molecule has 0 bridgehead atoms. The average Bonchev–Trinajstić information content (AvgIpc) is 3.42. The molecule has 1 aliphatic rings. The Morgan fingerprint density at radius 3 is 2.75 bits per heavy atom. The van der Waals surface area contributed by atoms with E-state index in [0.717, 1.165) is 38.7 Å². The molecule has 1 aromatic carbocycles. The highest BCUT2D eigenvalue weighted by Crippen LogP contribution is 2.25. The van der Waals surface area contributed by atoms with Crippen molar-refractivity contribution in [1.29, 1.82) is 0 Å². The molecule has 5 nitrogen and oxygen atoms in total. The third-order valence-corrected chi connectivity index (χ3v) is 4.05. The van der Waals surface area contributed by atoms with Gasteiger partial charge in [0.1, 0.15) is 5.82 Å². The summed E-state index contributed by atoms with van der Waals surface area (Å²) in [6.07, 6.45) is 2.57. The average molecular weight is 336 g/mol. The summed E-state index contributed by atoms with van der Waals surface area (Å²) < 4.78 is 18.9. The number of hydrogen-bond donors (Lipinski definition) is 2. The Bertz CT molecular complexity index is 519. The lowest BCUT2D eigenvalue weighted by Gasteiger charge is -2.22. The predicted octanol–water partition coefficient (Wildman–Crippen LogP) is 1.99. The van der Waals surface area contributed by atoms with Gasteiger partial charge in [0.05, 0.1) is 13.2 Å². The van der Waals surface area contributed by atoms with Gasteiger partial charge in [-0.25, -0.2) is 9.38 Å². The fraction of sp³-hybridized carbons (Fsp3) is 0.611.